The van der Waals surface area contributed by atoms with Gasteiger partial charge in [-0.2, -0.15) is 0 Å². The fraction of sp³-hybridized carbons (Fsp3) is 0.150. The molecular weight excluding hydrogens is 366 g/mol. The molecule has 0 spiro atoms. The van der Waals surface area contributed by atoms with Crippen LogP contribution in [0.2, 0.25) is 5.02 Å². The van der Waals surface area contributed by atoms with Crippen LogP contribution in [0.5, 0.6) is 0 Å². The molecule has 0 aromatic heterocycles. The van der Waals surface area contributed by atoms with Gasteiger partial charge >= 0.3 is 0 Å². The third-order valence-electron chi connectivity index (χ3n) is 4.41. The zero-order valence-electron chi connectivity index (χ0n) is 14.7. The van der Waals surface area contributed by atoms with Crippen molar-refractivity contribution in [2.24, 2.45) is 0 Å². The Morgan fingerprint density at radius 2 is 1.93 bits per heavy atom. The van der Waals surface area contributed by atoms with E-state index in [-0.39, 0.29) is 29.2 Å². The third kappa shape index (κ3) is 4.42. The summed E-state index contributed by atoms with van der Waals surface area (Å²) in [5, 5.41) is 17.9. The van der Waals surface area contributed by atoms with Crippen molar-refractivity contribution in [3.63, 3.8) is 0 Å². The largest absolute Gasteiger partial charge is 0.332 e. The average Bonchev–Trinajstić information content (AvgIpc) is 2.67. The van der Waals surface area contributed by atoms with E-state index in [1.807, 2.05) is 30.4 Å². The van der Waals surface area contributed by atoms with Crippen molar-refractivity contribution in [2.45, 2.75) is 13.0 Å². The predicted octanol–water partition coefficient (Wildman–Crippen LogP) is 3.66. The number of rotatable bonds is 6. The number of nitro benzene ring substituents is 1. The number of hydrogen-bond donors (Lipinski definition) is 2. The summed E-state index contributed by atoms with van der Waals surface area (Å²) in [6.07, 6.45) is 0. The number of amides is 1. The van der Waals surface area contributed by atoms with Crippen LogP contribution in [0, 0.1) is 10.1 Å². The molecule has 0 aliphatic carbocycles. The molecule has 0 radical (unpaired) electrons. The minimum Gasteiger partial charge on any atom is -0.332 e. The van der Waals surface area contributed by atoms with Crippen molar-refractivity contribution in [3.8, 4) is 0 Å². The second-order valence-corrected chi connectivity index (χ2v) is 6.67. The number of nitro groups is 1. The lowest BCUT2D eigenvalue weighted by molar-refractivity contribution is -0.682. The van der Waals surface area contributed by atoms with Crippen LogP contribution in [-0.4, -0.2) is 17.4 Å². The molecule has 3 rings (SSSR count). The summed E-state index contributed by atoms with van der Waals surface area (Å²) in [5.74, 6) is -0.224. The van der Waals surface area contributed by atoms with Crippen molar-refractivity contribution >= 4 is 39.7 Å². The second-order valence-electron chi connectivity index (χ2n) is 6.27. The molecule has 0 unspecified atom stereocenters. The molecule has 0 aliphatic heterocycles. The van der Waals surface area contributed by atoms with Gasteiger partial charge in [0, 0.05) is 17.7 Å². The Kier molecular flexibility index (Phi) is 5.69. The van der Waals surface area contributed by atoms with Gasteiger partial charge in [0.1, 0.15) is 6.04 Å². The molecule has 1 amide bonds. The summed E-state index contributed by atoms with van der Waals surface area (Å²) in [4.78, 5) is 22.5. The number of anilines is 1. The first-order valence-electron chi connectivity index (χ1n) is 8.50. The van der Waals surface area contributed by atoms with Crippen LogP contribution in [0.3, 0.4) is 0 Å². The van der Waals surface area contributed by atoms with Gasteiger partial charge in [-0.25, -0.2) is 0 Å². The van der Waals surface area contributed by atoms with Crippen LogP contribution >= 0.6 is 11.6 Å². The summed E-state index contributed by atoms with van der Waals surface area (Å²) >= 11 is 6.01. The highest BCUT2D eigenvalue weighted by Crippen LogP contribution is 2.26. The highest BCUT2D eigenvalue weighted by molar-refractivity contribution is 6.34. The highest BCUT2D eigenvalue weighted by atomic mass is 35.5. The fourth-order valence-corrected chi connectivity index (χ4v) is 3.20. The summed E-state index contributed by atoms with van der Waals surface area (Å²) in [6.45, 7) is 2.26. The molecule has 138 valence electrons. The summed E-state index contributed by atoms with van der Waals surface area (Å²) < 4.78 is 0. The standard InChI is InChI=1S/C20H18ClN3O3/c1-13(16-8-4-6-14-5-2-3-7-17(14)16)22-12-20(25)23-19-10-9-15(24(26)27)11-18(19)21/h2-11,13,22H,12H2,1H3,(H,23,25)/p+1/t13-/m1/s1. The number of nitrogens with zero attached hydrogens (tertiary/aromatic N) is 1. The third-order valence-corrected chi connectivity index (χ3v) is 4.72. The number of halogens is 1. The normalized spacial score (nSPS) is 11.9. The van der Waals surface area contributed by atoms with E-state index >= 15 is 0 Å². The van der Waals surface area contributed by atoms with Gasteiger partial charge in [0.25, 0.3) is 11.6 Å². The Hall–Kier alpha value is -2.96. The van der Waals surface area contributed by atoms with Crippen molar-refractivity contribution in [3.05, 3.63) is 81.4 Å². The molecule has 3 aromatic rings. The first-order chi connectivity index (χ1) is 13.0. The first kappa shape index (κ1) is 18.8. The fourth-order valence-electron chi connectivity index (χ4n) is 2.98. The van der Waals surface area contributed by atoms with Crippen LogP contribution < -0.4 is 10.6 Å². The van der Waals surface area contributed by atoms with Crippen molar-refractivity contribution in [2.75, 3.05) is 11.9 Å². The van der Waals surface area contributed by atoms with Crippen molar-refractivity contribution in [1.82, 2.24) is 0 Å². The van der Waals surface area contributed by atoms with Crippen LogP contribution in [-0.2, 0) is 4.79 Å². The van der Waals surface area contributed by atoms with Gasteiger partial charge in [0.05, 0.1) is 15.6 Å². The quantitative estimate of drug-likeness (QED) is 0.502. The number of nitrogens with two attached hydrogens (primary N) is 1. The van der Waals surface area contributed by atoms with Gasteiger partial charge in [-0.15, -0.1) is 0 Å². The number of benzene rings is 3. The van der Waals surface area contributed by atoms with Crippen LogP contribution in [0.15, 0.2) is 60.7 Å². The van der Waals surface area contributed by atoms with Crippen molar-refractivity contribution in [1.29, 1.82) is 0 Å². The van der Waals surface area contributed by atoms with Crippen LogP contribution in [0.1, 0.15) is 18.5 Å². The van der Waals surface area contributed by atoms with E-state index < -0.39 is 4.92 Å². The zero-order valence-corrected chi connectivity index (χ0v) is 15.4. The number of non-ortho nitro benzene ring substituents is 1. The summed E-state index contributed by atoms with van der Waals surface area (Å²) in [7, 11) is 0. The van der Waals surface area contributed by atoms with Gasteiger partial charge in [0.2, 0.25) is 0 Å². The van der Waals surface area contributed by atoms with E-state index in [1.54, 1.807) is 0 Å². The van der Waals surface area contributed by atoms with E-state index in [4.69, 9.17) is 11.6 Å². The maximum Gasteiger partial charge on any atom is 0.279 e. The molecule has 0 fully saturated rings. The molecule has 1 atom stereocenters. The number of fused-ring (bicyclic) bond motifs is 1. The van der Waals surface area contributed by atoms with Crippen LogP contribution in [0.25, 0.3) is 10.8 Å². The van der Waals surface area contributed by atoms with E-state index in [2.05, 4.69) is 29.6 Å². The first-order valence-corrected chi connectivity index (χ1v) is 8.88. The second kappa shape index (κ2) is 8.16. The minimum absolute atomic E-state index is 0.0918. The smallest absolute Gasteiger partial charge is 0.279 e. The van der Waals surface area contributed by atoms with Gasteiger partial charge in [-0.1, -0.05) is 54.1 Å². The highest BCUT2D eigenvalue weighted by Gasteiger charge is 2.16. The molecule has 3 aromatic carbocycles. The number of hydrogen-bond acceptors (Lipinski definition) is 3. The maximum absolute atomic E-state index is 12.2. The molecule has 7 heteroatoms. The van der Waals surface area contributed by atoms with Crippen LogP contribution in [0.4, 0.5) is 11.4 Å². The monoisotopic (exact) mass is 384 g/mol. The predicted molar refractivity (Wildman–Crippen MR) is 106 cm³/mol. The number of nitrogens with one attached hydrogen (secondary N) is 1. The number of quaternary nitrogens is 1. The minimum atomic E-state index is -0.531. The molecule has 0 saturated carbocycles. The molecular formula is C20H19ClN3O3+. The zero-order chi connectivity index (χ0) is 19.4. The molecule has 0 aliphatic rings. The van der Waals surface area contributed by atoms with Gasteiger partial charge in [0.15, 0.2) is 6.54 Å². The Labute approximate surface area is 161 Å². The molecule has 27 heavy (non-hydrogen) atoms. The molecule has 0 bridgehead atoms. The average molecular weight is 385 g/mol. The maximum atomic E-state index is 12.2. The van der Waals surface area contributed by atoms with E-state index in [9.17, 15) is 14.9 Å². The Morgan fingerprint density at radius 1 is 1.19 bits per heavy atom. The van der Waals surface area contributed by atoms with E-state index in [0.717, 1.165) is 10.9 Å². The lowest BCUT2D eigenvalue weighted by Crippen LogP contribution is -2.86. The van der Waals surface area contributed by atoms with Gasteiger partial charge < -0.3 is 10.6 Å². The Morgan fingerprint density at radius 3 is 2.67 bits per heavy atom. The summed E-state index contributed by atoms with van der Waals surface area (Å²) in [5.41, 5.74) is 1.40. The molecule has 0 heterocycles. The number of carbonyl (C=O) groups excluding carboxylic acids is 1. The van der Waals surface area contributed by atoms with Gasteiger partial charge in [-0.3, -0.25) is 14.9 Å². The SMILES string of the molecule is C[C@@H]([NH2+]CC(=O)Nc1ccc([N+](=O)[O-])cc1Cl)c1cccc2ccccc12. The van der Waals surface area contributed by atoms with Crippen molar-refractivity contribution < 1.29 is 15.0 Å². The lowest BCUT2D eigenvalue weighted by Gasteiger charge is -2.14. The molecule has 3 N–H and O–H groups in total. The number of carbonyl (C=O) groups is 1. The van der Waals surface area contributed by atoms with E-state index in [0.29, 0.717) is 5.69 Å². The molecule has 0 saturated heterocycles. The Bertz CT molecular complexity index is 1000. The Balaban J connectivity index is 1.64. The topological polar surface area (TPSA) is 88.8 Å². The van der Waals surface area contributed by atoms with E-state index in [1.165, 1.54) is 23.6 Å². The lowest BCUT2D eigenvalue weighted by atomic mass is 10.00. The molecule has 6 nitrogen and oxygen atoms in total. The summed E-state index contributed by atoms with van der Waals surface area (Å²) in [6, 6.07) is 18.3. The van der Waals surface area contributed by atoms with Gasteiger partial charge in [-0.05, 0) is 23.8 Å².